The fourth-order valence-corrected chi connectivity index (χ4v) is 9.99. The topological polar surface area (TPSA) is 64.6 Å². The van der Waals surface area contributed by atoms with Crippen LogP contribution in [-0.4, -0.2) is 59.3 Å². The monoisotopic (exact) mass is 712 g/mol. The van der Waals surface area contributed by atoms with Gasteiger partial charge in [-0.3, -0.25) is 0 Å². The van der Waals surface area contributed by atoms with Gasteiger partial charge in [0.1, 0.15) is 30.2 Å². The van der Waals surface area contributed by atoms with E-state index in [1.807, 2.05) is 66.7 Å². The third-order valence-corrected chi connectivity index (χ3v) is 14.1. The Labute approximate surface area is 306 Å². The minimum absolute atomic E-state index is 0.309. The first-order chi connectivity index (χ1) is 25.1. The standard InChI is InChI=1S/C43H56O7Si/c1-5-8-18-29-46-43-42(50-51(6-2,7-3)38-27-25-37(44-4)26-28-38)41(48-32-36-23-16-11-17-24-36)40(47-31-35-21-14-10-15-22-35)39(49-43)33-45-30-34-19-12-9-13-20-34/h9-17,19-28,39-43H,5-8,18,29-33H2,1-4H3/t39-,40-,41+,42-,43-/m1/s1. The summed E-state index contributed by atoms with van der Waals surface area (Å²) in [6.07, 6.45) is 0.422. The molecule has 1 saturated heterocycles. The molecule has 0 saturated carbocycles. The molecule has 0 radical (unpaired) electrons. The highest BCUT2D eigenvalue weighted by atomic mass is 28.4. The first kappa shape index (κ1) is 38.9. The first-order valence-corrected chi connectivity index (χ1v) is 20.9. The van der Waals surface area contributed by atoms with E-state index >= 15 is 0 Å². The summed E-state index contributed by atoms with van der Waals surface area (Å²) in [6.45, 7) is 8.77. The maximum atomic E-state index is 7.51. The summed E-state index contributed by atoms with van der Waals surface area (Å²) in [4.78, 5) is 0. The van der Waals surface area contributed by atoms with Gasteiger partial charge in [-0.05, 0) is 52.5 Å². The van der Waals surface area contributed by atoms with Crippen molar-refractivity contribution in [3.63, 3.8) is 0 Å². The van der Waals surface area contributed by atoms with E-state index in [4.69, 9.17) is 32.8 Å². The van der Waals surface area contributed by atoms with E-state index in [0.29, 0.717) is 33.0 Å². The highest BCUT2D eigenvalue weighted by Crippen LogP contribution is 2.34. The molecular formula is C43H56O7Si. The van der Waals surface area contributed by atoms with Gasteiger partial charge in [0.15, 0.2) is 6.29 Å². The van der Waals surface area contributed by atoms with Gasteiger partial charge in [-0.1, -0.05) is 137 Å². The van der Waals surface area contributed by atoms with Gasteiger partial charge in [0, 0.05) is 6.61 Å². The summed E-state index contributed by atoms with van der Waals surface area (Å²) < 4.78 is 46.8. The van der Waals surface area contributed by atoms with Gasteiger partial charge in [0.25, 0.3) is 0 Å². The number of benzene rings is 4. The van der Waals surface area contributed by atoms with Crippen LogP contribution in [0.2, 0.25) is 12.1 Å². The van der Waals surface area contributed by atoms with Crippen molar-refractivity contribution >= 4 is 13.5 Å². The van der Waals surface area contributed by atoms with Crippen LogP contribution >= 0.6 is 0 Å². The molecule has 0 aliphatic carbocycles. The number of methoxy groups -OCH3 is 1. The number of hydrogen-bond acceptors (Lipinski definition) is 7. The van der Waals surface area contributed by atoms with Crippen LogP contribution in [0, 0.1) is 0 Å². The zero-order valence-corrected chi connectivity index (χ0v) is 31.8. The van der Waals surface area contributed by atoms with Gasteiger partial charge in [0.05, 0.1) is 33.5 Å². The Balaban J connectivity index is 1.52. The molecule has 4 aromatic carbocycles. The van der Waals surface area contributed by atoms with E-state index in [9.17, 15) is 0 Å². The van der Waals surface area contributed by atoms with E-state index in [1.54, 1.807) is 7.11 Å². The molecule has 1 heterocycles. The molecule has 0 unspecified atom stereocenters. The van der Waals surface area contributed by atoms with Crippen LogP contribution in [0.25, 0.3) is 0 Å². The van der Waals surface area contributed by atoms with E-state index in [-0.39, 0.29) is 0 Å². The van der Waals surface area contributed by atoms with Gasteiger partial charge < -0.3 is 32.8 Å². The predicted molar refractivity (Wildman–Crippen MR) is 204 cm³/mol. The van der Waals surface area contributed by atoms with Gasteiger partial charge in [-0.15, -0.1) is 0 Å². The van der Waals surface area contributed by atoms with Crippen molar-refractivity contribution in [2.75, 3.05) is 20.3 Å². The molecule has 8 heteroatoms. The highest BCUT2D eigenvalue weighted by Gasteiger charge is 2.52. The van der Waals surface area contributed by atoms with Crippen LogP contribution < -0.4 is 9.92 Å². The van der Waals surface area contributed by atoms with Crippen molar-refractivity contribution in [3.8, 4) is 5.75 Å². The Kier molecular flexibility index (Phi) is 15.7. The summed E-state index contributed by atoms with van der Waals surface area (Å²) >= 11 is 0. The van der Waals surface area contributed by atoms with E-state index in [1.165, 1.54) is 5.19 Å². The summed E-state index contributed by atoms with van der Waals surface area (Å²) in [5, 5.41) is 1.20. The number of rotatable bonds is 21. The Morgan fingerprint density at radius 1 is 0.588 bits per heavy atom. The molecule has 7 nitrogen and oxygen atoms in total. The smallest absolute Gasteiger partial charge is 0.224 e. The molecule has 1 aliphatic rings. The summed E-state index contributed by atoms with van der Waals surface area (Å²) in [5.74, 6) is 0.823. The Hall–Kier alpha value is -3.34. The lowest BCUT2D eigenvalue weighted by Gasteiger charge is -2.48. The van der Waals surface area contributed by atoms with Crippen LogP contribution in [0.1, 0.15) is 56.7 Å². The van der Waals surface area contributed by atoms with Crippen molar-refractivity contribution in [1.82, 2.24) is 0 Å². The second-order valence-electron chi connectivity index (χ2n) is 13.2. The third kappa shape index (κ3) is 11.1. The van der Waals surface area contributed by atoms with Crippen molar-refractivity contribution < 1.29 is 32.8 Å². The van der Waals surface area contributed by atoms with Crippen molar-refractivity contribution in [1.29, 1.82) is 0 Å². The maximum absolute atomic E-state index is 7.51. The molecule has 5 rings (SSSR count). The summed E-state index contributed by atoms with van der Waals surface area (Å²) in [5.41, 5.74) is 3.25. The highest BCUT2D eigenvalue weighted by molar-refractivity contribution is 6.86. The Morgan fingerprint density at radius 2 is 1.14 bits per heavy atom. The van der Waals surface area contributed by atoms with Crippen molar-refractivity contribution in [2.45, 2.75) is 103 Å². The average Bonchev–Trinajstić information content (AvgIpc) is 3.19. The maximum Gasteiger partial charge on any atom is 0.224 e. The lowest BCUT2D eigenvalue weighted by molar-refractivity contribution is -0.315. The largest absolute Gasteiger partial charge is 0.497 e. The van der Waals surface area contributed by atoms with Gasteiger partial charge >= 0.3 is 0 Å². The fraction of sp³-hybridized carbons (Fsp3) is 0.442. The molecule has 274 valence electrons. The molecule has 0 spiro atoms. The third-order valence-electron chi connectivity index (χ3n) is 9.71. The SMILES string of the molecule is CCCCCO[C@@H]1O[C@H](COCc2ccccc2)[C@@H](OCc2ccccc2)[C@H](OCc2ccccc2)[C@H]1O[Si](CC)(CC)c1ccc(OC)cc1. The molecule has 0 bridgehead atoms. The second kappa shape index (κ2) is 20.6. The molecule has 1 fully saturated rings. The minimum atomic E-state index is -2.58. The molecule has 5 atom stereocenters. The van der Waals surface area contributed by atoms with Crippen LogP contribution in [0.3, 0.4) is 0 Å². The minimum Gasteiger partial charge on any atom is -0.497 e. The summed E-state index contributed by atoms with van der Waals surface area (Å²) in [6, 6.07) is 40.8. The molecule has 1 aliphatic heterocycles. The van der Waals surface area contributed by atoms with Crippen LogP contribution in [0.15, 0.2) is 115 Å². The first-order valence-electron chi connectivity index (χ1n) is 18.6. The molecule has 4 aromatic rings. The summed E-state index contributed by atoms with van der Waals surface area (Å²) in [7, 11) is -0.885. The average molecular weight is 713 g/mol. The normalized spacial score (nSPS) is 20.7. The lowest BCUT2D eigenvalue weighted by Crippen LogP contribution is -2.65. The van der Waals surface area contributed by atoms with Crippen LogP contribution in [-0.2, 0) is 47.9 Å². The second-order valence-corrected chi connectivity index (χ2v) is 17.4. The van der Waals surface area contributed by atoms with Crippen LogP contribution in [0.4, 0.5) is 0 Å². The van der Waals surface area contributed by atoms with Crippen molar-refractivity contribution in [2.24, 2.45) is 0 Å². The Morgan fingerprint density at radius 3 is 1.67 bits per heavy atom. The molecule has 0 aromatic heterocycles. The van der Waals surface area contributed by atoms with Crippen molar-refractivity contribution in [3.05, 3.63) is 132 Å². The van der Waals surface area contributed by atoms with E-state index < -0.39 is 39.0 Å². The van der Waals surface area contributed by atoms with Gasteiger partial charge in [-0.2, -0.15) is 0 Å². The number of ether oxygens (including phenoxy) is 6. The molecular weight excluding hydrogens is 657 g/mol. The predicted octanol–water partition coefficient (Wildman–Crippen LogP) is 8.59. The molecule has 51 heavy (non-hydrogen) atoms. The zero-order chi connectivity index (χ0) is 35.7. The van der Waals surface area contributed by atoms with Gasteiger partial charge in [0.2, 0.25) is 8.32 Å². The lowest BCUT2D eigenvalue weighted by atomic mass is 9.98. The quantitative estimate of drug-likeness (QED) is 0.0634. The van der Waals surface area contributed by atoms with Crippen LogP contribution in [0.5, 0.6) is 5.75 Å². The molecule has 0 N–H and O–H groups in total. The fourth-order valence-electron chi connectivity index (χ4n) is 6.66. The van der Waals surface area contributed by atoms with E-state index in [2.05, 4.69) is 69.3 Å². The Bertz CT molecular complexity index is 1500. The number of unbranched alkanes of at least 4 members (excludes halogenated alkanes) is 2. The zero-order valence-electron chi connectivity index (χ0n) is 30.8. The van der Waals surface area contributed by atoms with E-state index in [0.717, 1.165) is 53.8 Å². The van der Waals surface area contributed by atoms with Gasteiger partial charge in [-0.25, -0.2) is 0 Å². The number of hydrogen-bond donors (Lipinski definition) is 0. The molecule has 0 amide bonds.